The van der Waals surface area contributed by atoms with E-state index in [1.807, 2.05) is 0 Å². The van der Waals surface area contributed by atoms with Crippen molar-refractivity contribution in [1.82, 2.24) is 0 Å². The normalized spacial score (nSPS) is 8.43. The van der Waals surface area contributed by atoms with E-state index in [0.29, 0.717) is 12.4 Å². The van der Waals surface area contributed by atoms with Crippen LogP contribution in [-0.2, 0) is 0 Å². The molecule has 0 N–H and O–H groups in total. The average Bonchev–Trinajstić information content (AvgIpc) is 2.05. The Hall–Kier alpha value is 0.196. The Bertz CT molecular complexity index is 245. The van der Waals surface area contributed by atoms with Crippen LogP contribution in [0.3, 0.4) is 0 Å². The largest absolute Gasteiger partial charge is 2.00 e. The van der Waals surface area contributed by atoms with Crippen molar-refractivity contribution < 1.29 is 26.1 Å². The van der Waals surface area contributed by atoms with Crippen LogP contribution < -0.4 is 21.7 Å². The van der Waals surface area contributed by atoms with E-state index in [1.165, 1.54) is 18.2 Å². The first-order valence-corrected chi connectivity index (χ1v) is 4.13. The maximum atomic E-state index is 12.6. The first kappa shape index (κ1) is 16.6. The van der Waals surface area contributed by atoms with E-state index in [4.69, 9.17) is 4.74 Å². The fourth-order valence-electron chi connectivity index (χ4n) is 0.828. The van der Waals surface area contributed by atoms with E-state index in [0.717, 1.165) is 12.8 Å². The SMILES string of the molecule is CCCCOc1[c-]ccc(F)c1.[Br-].[Mg+2]. The van der Waals surface area contributed by atoms with E-state index in [1.54, 1.807) is 0 Å². The van der Waals surface area contributed by atoms with Gasteiger partial charge >= 0.3 is 23.1 Å². The Morgan fingerprint density at radius 1 is 1.50 bits per heavy atom. The fraction of sp³-hybridized carbons (Fsp3) is 0.400. The molecule has 74 valence electrons. The quantitative estimate of drug-likeness (QED) is 0.405. The van der Waals surface area contributed by atoms with Crippen LogP contribution in [0.2, 0.25) is 0 Å². The van der Waals surface area contributed by atoms with Crippen LogP contribution in [0.5, 0.6) is 5.75 Å². The summed E-state index contributed by atoms with van der Waals surface area (Å²) in [6, 6.07) is 7.03. The molecular weight excluding hydrogens is 259 g/mol. The van der Waals surface area contributed by atoms with Crippen LogP contribution in [0.1, 0.15) is 19.8 Å². The Morgan fingerprint density at radius 2 is 2.21 bits per heavy atom. The molecule has 1 aromatic carbocycles. The van der Waals surface area contributed by atoms with Gasteiger partial charge in [-0.3, -0.25) is 0 Å². The van der Waals surface area contributed by atoms with Crippen LogP contribution in [-0.4, -0.2) is 29.7 Å². The summed E-state index contributed by atoms with van der Waals surface area (Å²) in [5, 5.41) is 0. The monoisotopic (exact) mass is 270 g/mol. The fourth-order valence-corrected chi connectivity index (χ4v) is 0.828. The van der Waals surface area contributed by atoms with Gasteiger partial charge < -0.3 is 21.7 Å². The molecule has 0 heterocycles. The summed E-state index contributed by atoms with van der Waals surface area (Å²) < 4.78 is 17.8. The second-order valence-electron chi connectivity index (χ2n) is 2.57. The van der Waals surface area contributed by atoms with Gasteiger partial charge in [0.2, 0.25) is 0 Å². The predicted molar refractivity (Wildman–Crippen MR) is 51.4 cm³/mol. The van der Waals surface area contributed by atoms with Crippen LogP contribution >= 0.6 is 0 Å². The van der Waals surface area contributed by atoms with Crippen LogP contribution in [0, 0.1) is 11.9 Å². The molecule has 0 aliphatic carbocycles. The smallest absolute Gasteiger partial charge is 1.00 e. The Kier molecular flexibility index (Phi) is 11.6. The first-order valence-electron chi connectivity index (χ1n) is 4.13. The van der Waals surface area contributed by atoms with Crippen molar-refractivity contribution in [2.75, 3.05) is 6.61 Å². The third-order valence-corrected chi connectivity index (χ3v) is 1.49. The molecule has 0 saturated heterocycles. The van der Waals surface area contributed by atoms with Gasteiger partial charge in [-0.25, -0.2) is 4.39 Å². The van der Waals surface area contributed by atoms with Gasteiger partial charge in [-0.2, -0.15) is 6.07 Å². The van der Waals surface area contributed by atoms with E-state index < -0.39 is 0 Å². The number of ether oxygens (including phenoxy) is 1. The predicted octanol–water partition coefficient (Wildman–Crippen LogP) is -0.572. The van der Waals surface area contributed by atoms with Gasteiger partial charge in [-0.1, -0.05) is 19.4 Å². The number of hydrogen-bond acceptors (Lipinski definition) is 1. The summed E-state index contributed by atoms with van der Waals surface area (Å²) in [5.74, 6) is 0.212. The molecule has 0 radical (unpaired) electrons. The topological polar surface area (TPSA) is 9.23 Å². The minimum atomic E-state index is -0.278. The molecule has 0 aliphatic rings. The molecule has 0 saturated carbocycles. The van der Waals surface area contributed by atoms with Gasteiger partial charge in [0.05, 0.1) is 6.61 Å². The van der Waals surface area contributed by atoms with Gasteiger partial charge in [0.1, 0.15) is 0 Å². The molecule has 0 aromatic heterocycles. The zero-order valence-corrected chi connectivity index (χ0v) is 11.2. The molecule has 4 heteroatoms. The average molecular weight is 271 g/mol. The summed E-state index contributed by atoms with van der Waals surface area (Å²) in [5.41, 5.74) is 0. The summed E-state index contributed by atoms with van der Waals surface area (Å²) in [6.07, 6.45) is 2.07. The third kappa shape index (κ3) is 6.62. The molecule has 0 amide bonds. The summed E-state index contributed by atoms with van der Waals surface area (Å²) in [6.45, 7) is 2.72. The molecule has 0 atom stereocenters. The van der Waals surface area contributed by atoms with E-state index >= 15 is 0 Å². The van der Waals surface area contributed by atoms with Gasteiger partial charge in [-0.15, -0.1) is 12.1 Å². The van der Waals surface area contributed by atoms with E-state index in [2.05, 4.69) is 13.0 Å². The molecule has 1 rings (SSSR count). The summed E-state index contributed by atoms with van der Waals surface area (Å²) in [7, 11) is 0. The molecule has 14 heavy (non-hydrogen) atoms. The maximum absolute atomic E-state index is 12.6. The van der Waals surface area contributed by atoms with E-state index in [-0.39, 0.29) is 45.9 Å². The van der Waals surface area contributed by atoms with Crippen LogP contribution in [0.15, 0.2) is 18.2 Å². The Balaban J connectivity index is 0. The zero-order valence-electron chi connectivity index (χ0n) is 8.22. The van der Waals surface area contributed by atoms with Crippen molar-refractivity contribution in [3.63, 3.8) is 0 Å². The molecule has 1 aromatic rings. The van der Waals surface area contributed by atoms with Gasteiger partial charge in [0, 0.05) is 11.6 Å². The second-order valence-corrected chi connectivity index (χ2v) is 2.57. The van der Waals surface area contributed by atoms with Gasteiger partial charge in [-0.05, 0) is 6.42 Å². The van der Waals surface area contributed by atoms with Crippen molar-refractivity contribution in [3.05, 3.63) is 30.1 Å². The number of unbranched alkanes of at least 4 members (excludes halogenated alkanes) is 1. The number of hydrogen-bond donors (Lipinski definition) is 0. The summed E-state index contributed by atoms with van der Waals surface area (Å²) in [4.78, 5) is 0. The van der Waals surface area contributed by atoms with Crippen molar-refractivity contribution in [3.8, 4) is 5.75 Å². The number of benzene rings is 1. The molecule has 0 bridgehead atoms. The minimum absolute atomic E-state index is 0. The molecular formula is C10H12BrFMgO. The number of rotatable bonds is 4. The van der Waals surface area contributed by atoms with Crippen LogP contribution in [0.25, 0.3) is 0 Å². The van der Waals surface area contributed by atoms with Gasteiger partial charge in [0.15, 0.2) is 0 Å². The zero-order chi connectivity index (χ0) is 8.81. The standard InChI is InChI=1S/C10H12FO.BrH.Mg/c1-2-3-7-12-10-6-4-5-9(11)8-10;;/h4-5,8H,2-3,7H2,1H3;1H;/q-1;;+2/p-1. The van der Waals surface area contributed by atoms with E-state index in [9.17, 15) is 4.39 Å². The van der Waals surface area contributed by atoms with Gasteiger partial charge in [0.25, 0.3) is 0 Å². The Morgan fingerprint density at radius 3 is 2.79 bits per heavy atom. The Labute approximate surface area is 111 Å². The van der Waals surface area contributed by atoms with Crippen molar-refractivity contribution in [2.45, 2.75) is 19.8 Å². The molecule has 0 unspecified atom stereocenters. The number of halogens is 2. The minimum Gasteiger partial charge on any atom is -1.00 e. The summed E-state index contributed by atoms with van der Waals surface area (Å²) >= 11 is 0. The molecule has 0 aliphatic heterocycles. The molecule has 0 fully saturated rings. The van der Waals surface area contributed by atoms with Crippen molar-refractivity contribution in [2.24, 2.45) is 0 Å². The second kappa shape index (κ2) is 9.74. The molecule has 1 nitrogen and oxygen atoms in total. The first-order chi connectivity index (χ1) is 5.83. The van der Waals surface area contributed by atoms with Crippen molar-refractivity contribution in [1.29, 1.82) is 0 Å². The molecule has 0 spiro atoms. The maximum Gasteiger partial charge on any atom is 2.00 e. The van der Waals surface area contributed by atoms with Crippen LogP contribution in [0.4, 0.5) is 4.39 Å². The third-order valence-electron chi connectivity index (χ3n) is 1.49. The van der Waals surface area contributed by atoms with Crippen molar-refractivity contribution >= 4 is 23.1 Å².